The number of carbonyl (C=O) groups is 2. The number of aromatic nitrogens is 2. The van der Waals surface area contributed by atoms with Crippen molar-refractivity contribution < 1.29 is 28.3 Å². The van der Waals surface area contributed by atoms with Crippen LogP contribution in [0.3, 0.4) is 0 Å². The predicted octanol–water partition coefficient (Wildman–Crippen LogP) is 3.46. The molecule has 31 heavy (non-hydrogen) atoms. The first kappa shape index (κ1) is 20.4. The second kappa shape index (κ2) is 8.86. The van der Waals surface area contributed by atoms with Gasteiger partial charge in [-0.25, -0.2) is 4.79 Å². The van der Waals surface area contributed by atoms with Crippen molar-refractivity contribution in [2.45, 2.75) is 19.4 Å². The average Bonchev–Trinajstić information content (AvgIpc) is 3.56. The molecule has 1 fully saturated rings. The molecule has 0 unspecified atom stereocenters. The Kier molecular flexibility index (Phi) is 5.83. The summed E-state index contributed by atoms with van der Waals surface area (Å²) in [4.78, 5) is 28.3. The van der Waals surface area contributed by atoms with E-state index >= 15 is 0 Å². The summed E-state index contributed by atoms with van der Waals surface area (Å²) in [6, 6.07) is 11.7. The van der Waals surface area contributed by atoms with Crippen LogP contribution < -0.4 is 14.8 Å². The smallest absolute Gasteiger partial charge is 0.338 e. The zero-order chi connectivity index (χ0) is 21.8. The van der Waals surface area contributed by atoms with Crippen molar-refractivity contribution in [1.29, 1.82) is 0 Å². The third kappa shape index (κ3) is 4.82. The Morgan fingerprint density at radius 2 is 1.87 bits per heavy atom. The molecule has 4 rings (SSSR count). The average molecular weight is 423 g/mol. The van der Waals surface area contributed by atoms with Crippen LogP contribution in [0, 0.1) is 5.92 Å². The van der Waals surface area contributed by atoms with Crippen LogP contribution in [0.25, 0.3) is 11.4 Å². The van der Waals surface area contributed by atoms with Crippen LogP contribution in [0.4, 0.5) is 5.69 Å². The van der Waals surface area contributed by atoms with Gasteiger partial charge in [0.2, 0.25) is 11.7 Å². The first-order valence-electron chi connectivity index (χ1n) is 9.70. The fourth-order valence-corrected chi connectivity index (χ4v) is 2.90. The number of anilines is 1. The molecule has 1 heterocycles. The summed E-state index contributed by atoms with van der Waals surface area (Å²) in [6.45, 7) is -0.176. The zero-order valence-electron chi connectivity index (χ0n) is 17.1. The van der Waals surface area contributed by atoms with E-state index in [9.17, 15) is 9.59 Å². The number of benzene rings is 2. The summed E-state index contributed by atoms with van der Waals surface area (Å²) in [5.41, 5.74) is 1.61. The van der Waals surface area contributed by atoms with Crippen molar-refractivity contribution in [1.82, 2.24) is 10.1 Å². The van der Waals surface area contributed by atoms with Gasteiger partial charge in [-0.15, -0.1) is 0 Å². The number of methoxy groups -OCH3 is 2. The van der Waals surface area contributed by atoms with Gasteiger partial charge in [-0.1, -0.05) is 5.16 Å². The number of ether oxygens (including phenoxy) is 3. The maximum Gasteiger partial charge on any atom is 0.338 e. The van der Waals surface area contributed by atoms with Gasteiger partial charge in [0.25, 0.3) is 5.89 Å². The lowest BCUT2D eigenvalue weighted by Gasteiger charge is -2.07. The van der Waals surface area contributed by atoms with E-state index in [-0.39, 0.29) is 24.3 Å². The number of rotatable bonds is 8. The van der Waals surface area contributed by atoms with Gasteiger partial charge in [0.05, 0.1) is 25.3 Å². The number of nitrogens with one attached hydrogen (secondary N) is 1. The first-order chi connectivity index (χ1) is 15.1. The van der Waals surface area contributed by atoms with Crippen molar-refractivity contribution in [2.24, 2.45) is 5.92 Å². The Morgan fingerprint density at radius 1 is 1.10 bits per heavy atom. The number of hydrogen-bond donors (Lipinski definition) is 1. The highest BCUT2D eigenvalue weighted by atomic mass is 16.6. The molecule has 9 heteroatoms. The highest BCUT2D eigenvalue weighted by Gasteiger charge is 2.29. The molecule has 1 N–H and O–H groups in total. The molecular weight excluding hydrogens is 402 g/mol. The van der Waals surface area contributed by atoms with Gasteiger partial charge in [0, 0.05) is 17.7 Å². The van der Waals surface area contributed by atoms with Gasteiger partial charge >= 0.3 is 5.97 Å². The number of esters is 1. The molecule has 0 spiro atoms. The van der Waals surface area contributed by atoms with E-state index in [4.69, 9.17) is 18.7 Å². The highest BCUT2D eigenvalue weighted by molar-refractivity contribution is 5.95. The van der Waals surface area contributed by atoms with Gasteiger partial charge in [0.1, 0.15) is 11.5 Å². The van der Waals surface area contributed by atoms with E-state index in [1.165, 1.54) is 7.11 Å². The second-order valence-electron chi connectivity index (χ2n) is 6.99. The fourth-order valence-electron chi connectivity index (χ4n) is 2.90. The summed E-state index contributed by atoms with van der Waals surface area (Å²) in [6.07, 6.45) is 1.86. The Balaban J connectivity index is 1.36. The van der Waals surface area contributed by atoms with E-state index in [0.717, 1.165) is 12.8 Å². The molecular formula is C22H21N3O6. The molecule has 0 saturated heterocycles. The minimum absolute atomic E-state index is 0.0102. The minimum Gasteiger partial charge on any atom is -0.497 e. The Morgan fingerprint density at radius 3 is 2.55 bits per heavy atom. The number of hydrogen-bond acceptors (Lipinski definition) is 8. The highest BCUT2D eigenvalue weighted by Crippen LogP contribution is 2.32. The van der Waals surface area contributed by atoms with Crippen molar-refractivity contribution in [3.05, 3.63) is 53.9 Å². The van der Waals surface area contributed by atoms with Crippen molar-refractivity contribution in [2.75, 3.05) is 19.5 Å². The largest absolute Gasteiger partial charge is 0.497 e. The van der Waals surface area contributed by atoms with E-state index in [1.807, 2.05) is 0 Å². The van der Waals surface area contributed by atoms with Crippen LogP contribution in [0.5, 0.6) is 11.5 Å². The van der Waals surface area contributed by atoms with Crippen LogP contribution >= 0.6 is 0 Å². The molecule has 1 saturated carbocycles. The van der Waals surface area contributed by atoms with Crippen molar-refractivity contribution in [3.8, 4) is 22.9 Å². The minimum atomic E-state index is -0.540. The van der Waals surface area contributed by atoms with Crippen LogP contribution in [0.15, 0.2) is 47.0 Å². The number of amides is 1. The van der Waals surface area contributed by atoms with Gasteiger partial charge in [-0.3, -0.25) is 4.79 Å². The normalized spacial score (nSPS) is 12.8. The van der Waals surface area contributed by atoms with Gasteiger partial charge in [-0.05, 0) is 49.2 Å². The van der Waals surface area contributed by atoms with Gasteiger partial charge in [0.15, 0.2) is 6.61 Å². The Bertz CT molecular complexity index is 1090. The van der Waals surface area contributed by atoms with Gasteiger partial charge in [-0.2, -0.15) is 4.98 Å². The lowest BCUT2D eigenvalue weighted by molar-refractivity contribution is -0.117. The predicted molar refractivity (Wildman–Crippen MR) is 110 cm³/mol. The first-order valence-corrected chi connectivity index (χ1v) is 9.70. The van der Waals surface area contributed by atoms with E-state index in [2.05, 4.69) is 15.5 Å². The van der Waals surface area contributed by atoms with E-state index in [0.29, 0.717) is 34.1 Å². The summed E-state index contributed by atoms with van der Waals surface area (Å²) < 4.78 is 21.0. The van der Waals surface area contributed by atoms with E-state index < -0.39 is 5.97 Å². The Labute approximate surface area is 178 Å². The summed E-state index contributed by atoms with van der Waals surface area (Å²) >= 11 is 0. The van der Waals surface area contributed by atoms with Crippen LogP contribution in [0.2, 0.25) is 0 Å². The van der Waals surface area contributed by atoms with E-state index in [1.54, 1.807) is 49.6 Å². The summed E-state index contributed by atoms with van der Waals surface area (Å²) in [7, 11) is 3.09. The molecule has 1 aliphatic carbocycles. The topological polar surface area (TPSA) is 113 Å². The molecule has 2 aromatic carbocycles. The lowest BCUT2D eigenvalue weighted by atomic mass is 10.2. The molecule has 1 aliphatic rings. The fraction of sp³-hybridized carbons (Fsp3) is 0.273. The summed E-state index contributed by atoms with van der Waals surface area (Å²) in [5.74, 6) is 1.20. The third-order valence-corrected chi connectivity index (χ3v) is 4.78. The van der Waals surface area contributed by atoms with Gasteiger partial charge < -0.3 is 24.1 Å². The molecule has 3 aromatic rings. The molecule has 0 radical (unpaired) electrons. The van der Waals surface area contributed by atoms with Crippen molar-refractivity contribution >= 4 is 17.6 Å². The molecule has 9 nitrogen and oxygen atoms in total. The number of nitrogens with zero attached hydrogens (tertiary/aromatic N) is 2. The van der Waals surface area contributed by atoms with Crippen LogP contribution in [-0.4, -0.2) is 36.2 Å². The van der Waals surface area contributed by atoms with Crippen LogP contribution in [-0.2, 0) is 16.1 Å². The Hall–Kier alpha value is -3.88. The standard InChI is InChI=1S/C22H21N3O6/c1-28-16-9-10-17(18(11-16)29-2)20-24-19(31-25-20)12-30-22(27)14-5-7-15(8-6-14)23-21(26)13-3-4-13/h5-11,13H,3-4,12H2,1-2H3,(H,23,26). The maximum absolute atomic E-state index is 12.3. The molecule has 160 valence electrons. The second-order valence-corrected chi connectivity index (χ2v) is 6.99. The third-order valence-electron chi connectivity index (χ3n) is 4.78. The van der Waals surface area contributed by atoms with Crippen LogP contribution in [0.1, 0.15) is 29.1 Å². The molecule has 0 atom stereocenters. The molecule has 0 aliphatic heterocycles. The SMILES string of the molecule is COc1ccc(-c2noc(COC(=O)c3ccc(NC(=O)C4CC4)cc3)n2)c(OC)c1. The summed E-state index contributed by atoms with van der Waals surface area (Å²) in [5, 5.41) is 6.74. The molecule has 1 amide bonds. The molecule has 1 aromatic heterocycles. The maximum atomic E-state index is 12.3. The monoisotopic (exact) mass is 423 g/mol. The zero-order valence-corrected chi connectivity index (χ0v) is 17.1. The molecule has 0 bridgehead atoms. The number of carbonyl (C=O) groups excluding carboxylic acids is 2. The quantitative estimate of drug-likeness (QED) is 0.548. The van der Waals surface area contributed by atoms with Crippen molar-refractivity contribution in [3.63, 3.8) is 0 Å². The lowest BCUT2D eigenvalue weighted by Crippen LogP contribution is -2.13.